The molecule has 0 spiro atoms. The lowest BCUT2D eigenvalue weighted by molar-refractivity contribution is 0.294. The minimum absolute atomic E-state index is 0.0419. The minimum atomic E-state index is -0.0419. The highest BCUT2D eigenvalue weighted by Gasteiger charge is 2.25. The van der Waals surface area contributed by atoms with Crippen molar-refractivity contribution in [3.63, 3.8) is 0 Å². The molecule has 3 nitrogen and oxygen atoms in total. The molecule has 0 aromatic heterocycles. The van der Waals surface area contributed by atoms with Crippen molar-refractivity contribution in [2.24, 2.45) is 0 Å². The van der Waals surface area contributed by atoms with Crippen molar-refractivity contribution < 1.29 is 14.2 Å². The lowest BCUT2D eigenvalue weighted by Crippen LogP contribution is -2.16. The Labute approximate surface area is 116 Å². The fourth-order valence-corrected chi connectivity index (χ4v) is 2.09. The van der Waals surface area contributed by atoms with Crippen LogP contribution in [0.2, 0.25) is 0 Å². The van der Waals surface area contributed by atoms with Crippen molar-refractivity contribution in [2.45, 2.75) is 47.0 Å². The Balaban J connectivity index is 3.37. The molecule has 0 saturated carbocycles. The summed E-state index contributed by atoms with van der Waals surface area (Å²) in [5.41, 5.74) is 1.05. The molecule has 0 aliphatic carbocycles. The lowest BCUT2D eigenvalue weighted by Gasteiger charge is -2.26. The molecule has 19 heavy (non-hydrogen) atoms. The van der Waals surface area contributed by atoms with Gasteiger partial charge in [-0.15, -0.1) is 0 Å². The zero-order valence-electron chi connectivity index (χ0n) is 13.0. The molecule has 0 N–H and O–H groups in total. The van der Waals surface area contributed by atoms with Crippen LogP contribution in [0.3, 0.4) is 0 Å². The Hall–Kier alpha value is -1.38. The van der Waals surface area contributed by atoms with Crippen LogP contribution in [0.4, 0.5) is 0 Å². The average Bonchev–Trinajstić information content (AvgIpc) is 2.28. The van der Waals surface area contributed by atoms with Crippen LogP contribution < -0.4 is 14.2 Å². The summed E-state index contributed by atoms with van der Waals surface area (Å²) in [7, 11) is 0. The predicted octanol–water partition coefficient (Wildman–Crippen LogP) is 4.18. The molecule has 0 heterocycles. The summed E-state index contributed by atoms with van der Waals surface area (Å²) in [5.74, 6) is 2.50. The van der Waals surface area contributed by atoms with Gasteiger partial charge in [0, 0.05) is 17.7 Å². The Morgan fingerprint density at radius 1 is 0.789 bits per heavy atom. The van der Waals surface area contributed by atoms with Gasteiger partial charge in [0.2, 0.25) is 0 Å². The fourth-order valence-electron chi connectivity index (χ4n) is 2.09. The standard InChI is InChI=1S/C16H26O3/c1-7-17-12-10-13(18-8-2)15(16(4,5)6)14(11-12)19-9-3/h10-11H,7-9H2,1-6H3. The summed E-state index contributed by atoms with van der Waals surface area (Å²) in [6.07, 6.45) is 0. The van der Waals surface area contributed by atoms with Crippen molar-refractivity contribution in [3.05, 3.63) is 17.7 Å². The first-order valence-corrected chi connectivity index (χ1v) is 7.00. The quantitative estimate of drug-likeness (QED) is 0.773. The van der Waals surface area contributed by atoms with Crippen molar-refractivity contribution >= 4 is 0 Å². The lowest BCUT2D eigenvalue weighted by atomic mass is 9.85. The maximum atomic E-state index is 5.78. The van der Waals surface area contributed by atoms with Crippen LogP contribution in [0.1, 0.15) is 47.1 Å². The van der Waals surface area contributed by atoms with Gasteiger partial charge in [-0.1, -0.05) is 20.8 Å². The van der Waals surface area contributed by atoms with Gasteiger partial charge in [0.15, 0.2) is 0 Å². The van der Waals surface area contributed by atoms with Crippen LogP contribution in [0.25, 0.3) is 0 Å². The number of rotatable bonds is 6. The van der Waals surface area contributed by atoms with Crippen molar-refractivity contribution in [2.75, 3.05) is 19.8 Å². The summed E-state index contributed by atoms with van der Waals surface area (Å²) in [5, 5.41) is 0. The maximum Gasteiger partial charge on any atom is 0.130 e. The molecule has 0 bridgehead atoms. The maximum absolute atomic E-state index is 5.78. The van der Waals surface area contributed by atoms with Gasteiger partial charge in [-0.2, -0.15) is 0 Å². The van der Waals surface area contributed by atoms with Crippen LogP contribution in [0.15, 0.2) is 12.1 Å². The van der Waals surface area contributed by atoms with Crippen molar-refractivity contribution in [3.8, 4) is 17.2 Å². The van der Waals surface area contributed by atoms with E-state index in [9.17, 15) is 0 Å². The third-order valence-corrected chi connectivity index (χ3v) is 2.70. The SMILES string of the molecule is CCOc1cc(OCC)c(C(C)(C)C)c(OCC)c1. The second-order valence-corrected chi connectivity index (χ2v) is 5.34. The van der Waals surface area contributed by atoms with E-state index >= 15 is 0 Å². The molecule has 0 unspecified atom stereocenters. The van der Waals surface area contributed by atoms with E-state index in [-0.39, 0.29) is 5.41 Å². The van der Waals surface area contributed by atoms with Crippen LogP contribution in [-0.4, -0.2) is 19.8 Å². The van der Waals surface area contributed by atoms with Crippen molar-refractivity contribution in [1.82, 2.24) is 0 Å². The third kappa shape index (κ3) is 4.05. The van der Waals surface area contributed by atoms with Gasteiger partial charge in [-0.3, -0.25) is 0 Å². The molecule has 0 fully saturated rings. The number of hydrogen-bond acceptors (Lipinski definition) is 3. The van der Waals surface area contributed by atoms with E-state index in [2.05, 4.69) is 20.8 Å². The van der Waals surface area contributed by atoms with E-state index in [1.807, 2.05) is 32.9 Å². The molecule has 1 aromatic carbocycles. The largest absolute Gasteiger partial charge is 0.494 e. The number of benzene rings is 1. The Bertz CT molecular complexity index is 378. The molecule has 0 saturated heterocycles. The van der Waals surface area contributed by atoms with Gasteiger partial charge in [0.1, 0.15) is 17.2 Å². The first kappa shape index (κ1) is 15.7. The monoisotopic (exact) mass is 266 g/mol. The summed E-state index contributed by atoms with van der Waals surface area (Å²) >= 11 is 0. The van der Waals surface area contributed by atoms with E-state index in [0.717, 1.165) is 22.8 Å². The molecule has 0 amide bonds. The highest BCUT2D eigenvalue weighted by atomic mass is 16.5. The first-order valence-electron chi connectivity index (χ1n) is 7.00. The van der Waals surface area contributed by atoms with E-state index in [1.54, 1.807) is 0 Å². The first-order chi connectivity index (χ1) is 8.93. The molecule has 108 valence electrons. The molecule has 3 heteroatoms. The van der Waals surface area contributed by atoms with Crippen LogP contribution in [0.5, 0.6) is 17.2 Å². The molecule has 0 aliphatic heterocycles. The van der Waals surface area contributed by atoms with Gasteiger partial charge in [0.05, 0.1) is 19.8 Å². The number of ether oxygens (including phenoxy) is 3. The van der Waals surface area contributed by atoms with E-state index in [4.69, 9.17) is 14.2 Å². The minimum Gasteiger partial charge on any atom is -0.494 e. The summed E-state index contributed by atoms with van der Waals surface area (Å²) in [4.78, 5) is 0. The smallest absolute Gasteiger partial charge is 0.130 e. The average molecular weight is 266 g/mol. The Morgan fingerprint density at radius 3 is 1.53 bits per heavy atom. The highest BCUT2D eigenvalue weighted by molar-refractivity contribution is 5.54. The zero-order chi connectivity index (χ0) is 14.5. The zero-order valence-corrected chi connectivity index (χ0v) is 13.0. The summed E-state index contributed by atoms with van der Waals surface area (Å²) in [6, 6.07) is 3.91. The van der Waals surface area contributed by atoms with Gasteiger partial charge in [-0.05, 0) is 26.2 Å². The summed E-state index contributed by atoms with van der Waals surface area (Å²) in [6.45, 7) is 14.3. The topological polar surface area (TPSA) is 27.7 Å². The fraction of sp³-hybridized carbons (Fsp3) is 0.625. The van der Waals surface area contributed by atoms with Crippen LogP contribution in [-0.2, 0) is 5.41 Å². The van der Waals surface area contributed by atoms with E-state index in [1.165, 1.54) is 0 Å². The van der Waals surface area contributed by atoms with E-state index in [0.29, 0.717) is 19.8 Å². The predicted molar refractivity (Wildman–Crippen MR) is 78.6 cm³/mol. The second kappa shape index (κ2) is 6.69. The van der Waals surface area contributed by atoms with Gasteiger partial charge < -0.3 is 14.2 Å². The summed E-state index contributed by atoms with van der Waals surface area (Å²) < 4.78 is 17.1. The molecule has 0 radical (unpaired) electrons. The normalized spacial score (nSPS) is 11.3. The van der Waals surface area contributed by atoms with Crippen LogP contribution in [0, 0.1) is 0 Å². The number of hydrogen-bond donors (Lipinski definition) is 0. The Kier molecular flexibility index (Phi) is 5.52. The van der Waals surface area contributed by atoms with Crippen LogP contribution >= 0.6 is 0 Å². The molecule has 0 atom stereocenters. The molecule has 1 rings (SSSR count). The Morgan fingerprint density at radius 2 is 1.21 bits per heavy atom. The molecule has 1 aromatic rings. The van der Waals surface area contributed by atoms with E-state index < -0.39 is 0 Å². The second-order valence-electron chi connectivity index (χ2n) is 5.34. The van der Waals surface area contributed by atoms with Gasteiger partial charge in [-0.25, -0.2) is 0 Å². The molecule has 0 aliphatic rings. The highest BCUT2D eigenvalue weighted by Crippen LogP contribution is 2.42. The van der Waals surface area contributed by atoms with Gasteiger partial charge >= 0.3 is 0 Å². The van der Waals surface area contributed by atoms with Gasteiger partial charge in [0.25, 0.3) is 0 Å². The third-order valence-electron chi connectivity index (χ3n) is 2.70. The molecular formula is C16H26O3. The van der Waals surface area contributed by atoms with Crippen molar-refractivity contribution in [1.29, 1.82) is 0 Å². The molecular weight excluding hydrogens is 240 g/mol.